The minimum Gasteiger partial charge on any atom is -0.452 e. The normalized spacial score (nSPS) is 13.9. The van der Waals surface area contributed by atoms with Crippen molar-refractivity contribution in [3.8, 4) is 11.5 Å². The summed E-state index contributed by atoms with van der Waals surface area (Å²) in [6.07, 6.45) is 1.73. The Hall–Kier alpha value is -3.66. The molecule has 1 aliphatic rings. The molecule has 0 aromatic heterocycles. The first-order valence-corrected chi connectivity index (χ1v) is 9.36. The molecule has 0 unspecified atom stereocenters. The van der Waals surface area contributed by atoms with Crippen molar-refractivity contribution in [1.82, 2.24) is 0 Å². The Bertz CT molecular complexity index is 1170. The fraction of sp³-hybridized carbons (Fsp3) is 0.120. The summed E-state index contributed by atoms with van der Waals surface area (Å²) >= 11 is 0. The third-order valence-corrected chi connectivity index (χ3v) is 4.94. The van der Waals surface area contributed by atoms with Gasteiger partial charge in [0.15, 0.2) is 5.76 Å². The monoisotopic (exact) mass is 384 g/mol. The number of rotatable bonds is 3. The van der Waals surface area contributed by atoms with Crippen molar-refractivity contribution >= 4 is 17.8 Å². The van der Waals surface area contributed by atoms with Gasteiger partial charge in [-0.25, -0.2) is 4.79 Å². The summed E-state index contributed by atoms with van der Waals surface area (Å²) in [6.45, 7) is 5.63. The maximum Gasteiger partial charge on any atom is 0.343 e. The summed E-state index contributed by atoms with van der Waals surface area (Å²) in [6, 6.07) is 18.4. The van der Waals surface area contributed by atoms with Gasteiger partial charge in [0.1, 0.15) is 11.5 Å². The molecule has 0 bridgehead atoms. The maximum atomic E-state index is 12.7. The van der Waals surface area contributed by atoms with Gasteiger partial charge in [-0.15, -0.1) is 0 Å². The average Bonchev–Trinajstić information content (AvgIpc) is 3.01. The van der Waals surface area contributed by atoms with Crippen LogP contribution < -0.4 is 9.47 Å². The summed E-state index contributed by atoms with van der Waals surface area (Å²) in [5.41, 5.74) is 4.42. The zero-order valence-electron chi connectivity index (χ0n) is 16.5. The number of hydrogen-bond donors (Lipinski definition) is 0. The molecule has 3 aromatic rings. The van der Waals surface area contributed by atoms with E-state index in [0.29, 0.717) is 28.2 Å². The number of aryl methyl sites for hydroxylation is 2. The van der Waals surface area contributed by atoms with Crippen LogP contribution in [0.25, 0.3) is 6.08 Å². The zero-order chi connectivity index (χ0) is 20.5. The summed E-state index contributed by atoms with van der Waals surface area (Å²) < 4.78 is 11.5. The van der Waals surface area contributed by atoms with Crippen LogP contribution in [0.4, 0.5) is 0 Å². The second-order valence-electron chi connectivity index (χ2n) is 7.12. The maximum absolute atomic E-state index is 12.7. The molecular formula is C25H20O4. The molecule has 1 aliphatic heterocycles. The fourth-order valence-corrected chi connectivity index (χ4v) is 3.35. The Kier molecular flexibility index (Phi) is 4.77. The van der Waals surface area contributed by atoms with E-state index in [1.165, 1.54) is 0 Å². The van der Waals surface area contributed by atoms with Crippen LogP contribution in [0.5, 0.6) is 11.5 Å². The minimum atomic E-state index is -0.439. The second-order valence-corrected chi connectivity index (χ2v) is 7.12. The molecule has 29 heavy (non-hydrogen) atoms. The molecule has 4 nitrogen and oxygen atoms in total. The summed E-state index contributed by atoms with van der Waals surface area (Å²) in [7, 11) is 0. The van der Waals surface area contributed by atoms with Crippen LogP contribution >= 0.6 is 0 Å². The number of Topliss-reactive ketones (excluding diaryl/α,β-unsaturated/α-hetero) is 1. The number of carbonyl (C=O) groups is 2. The predicted octanol–water partition coefficient (Wildman–Crippen LogP) is 5.45. The van der Waals surface area contributed by atoms with Gasteiger partial charge in [-0.05, 0) is 56.2 Å². The van der Waals surface area contributed by atoms with E-state index in [9.17, 15) is 9.59 Å². The van der Waals surface area contributed by atoms with Gasteiger partial charge >= 0.3 is 5.97 Å². The summed E-state index contributed by atoms with van der Waals surface area (Å²) in [4.78, 5) is 25.3. The second kappa shape index (κ2) is 7.40. The Labute approximate surface area is 169 Å². The van der Waals surface area contributed by atoms with Crippen molar-refractivity contribution in [2.75, 3.05) is 0 Å². The number of allylic oxidation sites excluding steroid dienone is 1. The third kappa shape index (κ3) is 3.57. The molecule has 1 heterocycles. The van der Waals surface area contributed by atoms with Crippen molar-refractivity contribution in [3.63, 3.8) is 0 Å². The lowest BCUT2D eigenvalue weighted by molar-refractivity contribution is 0.0732. The van der Waals surface area contributed by atoms with E-state index in [1.54, 1.807) is 37.3 Å². The van der Waals surface area contributed by atoms with Crippen molar-refractivity contribution < 1.29 is 19.1 Å². The van der Waals surface area contributed by atoms with E-state index >= 15 is 0 Å². The van der Waals surface area contributed by atoms with E-state index in [-0.39, 0.29) is 11.5 Å². The number of hydrogen-bond acceptors (Lipinski definition) is 4. The van der Waals surface area contributed by atoms with Crippen molar-refractivity contribution in [2.24, 2.45) is 0 Å². The van der Waals surface area contributed by atoms with Gasteiger partial charge in [0.25, 0.3) is 0 Å². The van der Waals surface area contributed by atoms with Gasteiger partial charge in [0.2, 0.25) is 5.78 Å². The number of ether oxygens (including phenoxy) is 2. The van der Waals surface area contributed by atoms with Gasteiger partial charge in [0, 0.05) is 5.56 Å². The van der Waals surface area contributed by atoms with Crippen molar-refractivity contribution in [2.45, 2.75) is 20.8 Å². The lowest BCUT2D eigenvalue weighted by atomic mass is 10.0. The number of ketones is 1. The molecular weight excluding hydrogens is 364 g/mol. The topological polar surface area (TPSA) is 52.6 Å². The highest BCUT2D eigenvalue weighted by Gasteiger charge is 2.30. The van der Waals surface area contributed by atoms with Crippen LogP contribution in [-0.4, -0.2) is 11.8 Å². The standard InChI is InChI=1S/C25H20O4/c1-15-7-6-9-18(13-15)14-22-23(26)20-11-12-21(17(3)24(20)28-22)29-25(27)19-10-5-4-8-16(19)2/h4-14H,1-3H3/b22-14-. The molecule has 0 N–H and O–H groups in total. The van der Waals surface area contributed by atoms with E-state index < -0.39 is 5.97 Å². The van der Waals surface area contributed by atoms with Gasteiger partial charge in [0.05, 0.1) is 11.1 Å². The lowest BCUT2D eigenvalue weighted by Crippen LogP contribution is -2.11. The lowest BCUT2D eigenvalue weighted by Gasteiger charge is -2.11. The van der Waals surface area contributed by atoms with Crippen LogP contribution in [-0.2, 0) is 0 Å². The largest absolute Gasteiger partial charge is 0.452 e. The van der Waals surface area contributed by atoms with E-state index in [4.69, 9.17) is 9.47 Å². The van der Waals surface area contributed by atoms with Gasteiger partial charge < -0.3 is 9.47 Å². The molecule has 4 rings (SSSR count). The Morgan fingerprint density at radius 2 is 1.76 bits per heavy atom. The SMILES string of the molecule is Cc1cccc(/C=C2\Oc3c(ccc(OC(=O)c4ccccc4C)c3C)C2=O)c1. The fourth-order valence-electron chi connectivity index (χ4n) is 3.35. The highest BCUT2D eigenvalue weighted by molar-refractivity contribution is 6.15. The van der Waals surface area contributed by atoms with Crippen LogP contribution in [0.1, 0.15) is 43.0 Å². The van der Waals surface area contributed by atoms with Gasteiger partial charge in [-0.3, -0.25) is 4.79 Å². The smallest absolute Gasteiger partial charge is 0.343 e. The molecule has 0 saturated carbocycles. The third-order valence-electron chi connectivity index (χ3n) is 4.94. The van der Waals surface area contributed by atoms with E-state index in [0.717, 1.165) is 16.7 Å². The molecule has 3 aromatic carbocycles. The first kappa shape index (κ1) is 18.7. The highest BCUT2D eigenvalue weighted by atomic mass is 16.5. The summed E-state index contributed by atoms with van der Waals surface area (Å²) in [5, 5.41) is 0. The average molecular weight is 384 g/mol. The molecule has 0 amide bonds. The zero-order valence-corrected chi connectivity index (χ0v) is 16.5. The number of carbonyl (C=O) groups excluding carboxylic acids is 2. The molecule has 0 aliphatic carbocycles. The molecule has 0 radical (unpaired) electrons. The van der Waals surface area contributed by atoms with Gasteiger partial charge in [-0.2, -0.15) is 0 Å². The van der Waals surface area contributed by atoms with Crippen molar-refractivity contribution in [1.29, 1.82) is 0 Å². The van der Waals surface area contributed by atoms with Crippen LogP contribution in [0.2, 0.25) is 0 Å². The van der Waals surface area contributed by atoms with Crippen molar-refractivity contribution in [3.05, 3.63) is 99.8 Å². The molecule has 0 atom stereocenters. The summed E-state index contributed by atoms with van der Waals surface area (Å²) in [5.74, 6) is 0.453. The first-order chi connectivity index (χ1) is 13.9. The molecule has 0 saturated heterocycles. The molecule has 4 heteroatoms. The minimum absolute atomic E-state index is 0.179. The van der Waals surface area contributed by atoms with Gasteiger partial charge in [-0.1, -0.05) is 48.0 Å². The van der Waals surface area contributed by atoms with Crippen LogP contribution in [0.15, 0.2) is 66.4 Å². The number of esters is 1. The van der Waals surface area contributed by atoms with E-state index in [2.05, 4.69) is 0 Å². The quantitative estimate of drug-likeness (QED) is 0.342. The highest BCUT2D eigenvalue weighted by Crippen LogP contribution is 2.39. The van der Waals surface area contributed by atoms with Crippen LogP contribution in [0.3, 0.4) is 0 Å². The first-order valence-electron chi connectivity index (χ1n) is 9.36. The van der Waals surface area contributed by atoms with Crippen LogP contribution in [0, 0.1) is 20.8 Å². The van der Waals surface area contributed by atoms with E-state index in [1.807, 2.05) is 50.2 Å². The Balaban J connectivity index is 1.63. The Morgan fingerprint density at radius 3 is 2.52 bits per heavy atom. The molecule has 144 valence electrons. The number of fused-ring (bicyclic) bond motifs is 1. The molecule has 0 spiro atoms. The predicted molar refractivity (Wildman–Crippen MR) is 111 cm³/mol. The molecule has 0 fully saturated rings. The number of benzene rings is 3. The Morgan fingerprint density at radius 1 is 0.966 bits per heavy atom.